The lowest BCUT2D eigenvalue weighted by atomic mass is 9.81. The van der Waals surface area contributed by atoms with E-state index in [0.717, 1.165) is 28.1 Å². The lowest BCUT2D eigenvalue weighted by molar-refractivity contribution is -0.166. The molecule has 7 heteroatoms. The lowest BCUT2D eigenvalue weighted by Crippen LogP contribution is -2.42. The smallest absolute Gasteiger partial charge is 0.195 e. The second-order valence-corrected chi connectivity index (χ2v) is 9.27. The van der Waals surface area contributed by atoms with E-state index >= 15 is 0 Å². The maximum atomic E-state index is 12.6. The summed E-state index contributed by atoms with van der Waals surface area (Å²) in [6.07, 6.45) is 0.811. The van der Waals surface area contributed by atoms with Crippen LogP contribution in [0, 0.1) is 33.6 Å². The summed E-state index contributed by atoms with van der Waals surface area (Å²) in [6, 6.07) is 7.71. The largest absolute Gasteiger partial charge is 0.375 e. The molecule has 180 valence electrons. The molecule has 0 saturated carbocycles. The fourth-order valence-electron chi connectivity index (χ4n) is 4.45. The third-order valence-corrected chi connectivity index (χ3v) is 6.54. The van der Waals surface area contributed by atoms with Gasteiger partial charge in [0.1, 0.15) is 5.76 Å². The van der Waals surface area contributed by atoms with Crippen LogP contribution in [-0.4, -0.2) is 40.5 Å². The van der Waals surface area contributed by atoms with Gasteiger partial charge in [0.05, 0.1) is 24.6 Å². The summed E-state index contributed by atoms with van der Waals surface area (Å²) in [7, 11) is 0. The number of aliphatic hydroxyl groups is 1. The zero-order valence-electron chi connectivity index (χ0n) is 21.0. The molecule has 0 amide bonds. The van der Waals surface area contributed by atoms with Crippen LogP contribution in [0.4, 0.5) is 5.69 Å². The van der Waals surface area contributed by atoms with Crippen LogP contribution in [0.5, 0.6) is 0 Å². The fourth-order valence-corrected chi connectivity index (χ4v) is 4.45. The minimum absolute atomic E-state index is 0.252. The first kappa shape index (κ1) is 24.3. The van der Waals surface area contributed by atoms with Gasteiger partial charge in [0.15, 0.2) is 11.9 Å². The molecule has 1 saturated heterocycles. The predicted molar refractivity (Wildman–Crippen MR) is 131 cm³/mol. The van der Waals surface area contributed by atoms with Crippen molar-refractivity contribution in [1.29, 1.82) is 0 Å². The monoisotopic (exact) mass is 463 g/mol. The topological polar surface area (TPSA) is 90.0 Å². The van der Waals surface area contributed by atoms with Gasteiger partial charge >= 0.3 is 0 Å². The molecule has 1 atom stereocenters. The van der Waals surface area contributed by atoms with Crippen molar-refractivity contribution >= 4 is 11.4 Å². The molecule has 2 aromatic heterocycles. The standard InChI is InChI=1S/C27H33N3O4/c1-15(2)17(4)29-25-16(3)13-21(24-19(6)30-34-20(24)7)14-23(25)27(31,26-32-11-12-33-26)22-9-8-10-28-18(22)5/h8-10,13-15,26,31H,11-12H2,1-7H3. The van der Waals surface area contributed by atoms with Crippen LogP contribution in [-0.2, 0) is 15.1 Å². The van der Waals surface area contributed by atoms with Gasteiger partial charge in [0.2, 0.25) is 0 Å². The van der Waals surface area contributed by atoms with Gasteiger partial charge in [-0.05, 0) is 69.9 Å². The van der Waals surface area contributed by atoms with Gasteiger partial charge in [-0.3, -0.25) is 9.98 Å². The molecule has 0 radical (unpaired) electrons. The van der Waals surface area contributed by atoms with Crippen molar-refractivity contribution in [1.82, 2.24) is 10.1 Å². The van der Waals surface area contributed by atoms with Gasteiger partial charge in [0.25, 0.3) is 0 Å². The molecule has 0 spiro atoms. The van der Waals surface area contributed by atoms with Crippen molar-refractivity contribution < 1.29 is 19.1 Å². The number of aromatic nitrogens is 2. The summed E-state index contributed by atoms with van der Waals surface area (Å²) in [6.45, 7) is 14.7. The Bertz CT molecular complexity index is 1210. The number of nitrogens with zero attached hydrogens (tertiary/aromatic N) is 3. The Morgan fingerprint density at radius 3 is 2.38 bits per heavy atom. The van der Waals surface area contributed by atoms with Crippen LogP contribution in [0.2, 0.25) is 0 Å². The number of pyridine rings is 1. The number of benzene rings is 1. The highest BCUT2D eigenvalue weighted by atomic mass is 16.7. The maximum absolute atomic E-state index is 12.6. The molecule has 1 aromatic carbocycles. The summed E-state index contributed by atoms with van der Waals surface area (Å²) in [4.78, 5) is 9.46. The molecule has 3 heterocycles. The van der Waals surface area contributed by atoms with Crippen LogP contribution in [0.1, 0.15) is 54.6 Å². The van der Waals surface area contributed by atoms with Crippen LogP contribution >= 0.6 is 0 Å². The third kappa shape index (κ3) is 4.19. The minimum atomic E-state index is -1.63. The first-order valence-corrected chi connectivity index (χ1v) is 11.7. The summed E-state index contributed by atoms with van der Waals surface area (Å²) in [5.74, 6) is 0.966. The summed E-state index contributed by atoms with van der Waals surface area (Å²) < 4.78 is 17.3. The first-order valence-electron chi connectivity index (χ1n) is 11.7. The van der Waals surface area contributed by atoms with E-state index in [-0.39, 0.29) is 5.92 Å². The quantitative estimate of drug-likeness (QED) is 0.497. The predicted octanol–water partition coefficient (Wildman–Crippen LogP) is 5.33. The summed E-state index contributed by atoms with van der Waals surface area (Å²) in [5.41, 5.74) is 5.45. The van der Waals surface area contributed by atoms with Gasteiger partial charge in [-0.2, -0.15) is 0 Å². The van der Waals surface area contributed by atoms with Crippen molar-refractivity contribution in [3.63, 3.8) is 0 Å². The van der Waals surface area contributed by atoms with Crippen molar-refractivity contribution in [3.8, 4) is 11.1 Å². The zero-order chi connectivity index (χ0) is 24.6. The van der Waals surface area contributed by atoms with Crippen LogP contribution < -0.4 is 0 Å². The van der Waals surface area contributed by atoms with Gasteiger partial charge in [0, 0.05) is 34.3 Å². The van der Waals surface area contributed by atoms with Gasteiger partial charge in [-0.15, -0.1) is 0 Å². The molecule has 3 aromatic rings. The number of hydrogen-bond donors (Lipinski definition) is 1. The molecule has 1 aliphatic heterocycles. The fraction of sp³-hybridized carbons (Fsp3) is 0.444. The molecule has 0 aliphatic carbocycles. The number of ether oxygens (including phenoxy) is 2. The second kappa shape index (κ2) is 9.41. The first-order chi connectivity index (χ1) is 16.1. The molecular weight excluding hydrogens is 430 g/mol. The summed E-state index contributed by atoms with van der Waals surface area (Å²) >= 11 is 0. The average Bonchev–Trinajstić information content (AvgIpc) is 3.45. The number of aliphatic imine (C=N–C) groups is 1. The number of aryl methyl sites for hydroxylation is 4. The van der Waals surface area contributed by atoms with Crippen molar-refractivity contribution in [2.75, 3.05) is 13.2 Å². The van der Waals surface area contributed by atoms with Gasteiger partial charge in [-0.1, -0.05) is 25.1 Å². The van der Waals surface area contributed by atoms with Crippen molar-refractivity contribution in [3.05, 3.63) is 64.3 Å². The molecule has 0 bridgehead atoms. The van der Waals surface area contributed by atoms with Crippen LogP contribution in [0.3, 0.4) is 0 Å². The Morgan fingerprint density at radius 2 is 1.79 bits per heavy atom. The maximum Gasteiger partial charge on any atom is 0.195 e. The zero-order valence-corrected chi connectivity index (χ0v) is 21.0. The summed E-state index contributed by atoms with van der Waals surface area (Å²) in [5, 5.41) is 16.7. The van der Waals surface area contributed by atoms with Gasteiger partial charge in [-0.25, -0.2) is 0 Å². The Hall–Kier alpha value is -2.87. The molecule has 1 N–H and O–H groups in total. The Morgan fingerprint density at radius 1 is 1.09 bits per heavy atom. The Labute approximate surface area is 200 Å². The molecule has 1 aliphatic rings. The normalized spacial score (nSPS) is 16.9. The van der Waals surface area contributed by atoms with E-state index in [1.165, 1.54) is 0 Å². The van der Waals surface area contributed by atoms with E-state index in [2.05, 4.69) is 30.1 Å². The van der Waals surface area contributed by atoms with E-state index in [1.54, 1.807) is 6.20 Å². The van der Waals surface area contributed by atoms with Crippen LogP contribution in [0.15, 0.2) is 40.0 Å². The SMILES string of the molecule is CC(=Nc1c(C)cc(-c2c(C)noc2C)cc1C(O)(c1cccnc1C)C1OCCO1)C(C)C. The van der Waals surface area contributed by atoms with Crippen molar-refractivity contribution in [2.24, 2.45) is 10.9 Å². The van der Waals surface area contributed by atoms with Crippen molar-refractivity contribution in [2.45, 2.75) is 60.4 Å². The highest BCUT2D eigenvalue weighted by Gasteiger charge is 2.47. The van der Waals surface area contributed by atoms with E-state index < -0.39 is 11.9 Å². The average molecular weight is 464 g/mol. The van der Waals surface area contributed by atoms with E-state index in [1.807, 2.05) is 52.8 Å². The number of rotatable bonds is 6. The van der Waals surface area contributed by atoms with E-state index in [9.17, 15) is 5.11 Å². The molecule has 4 rings (SSSR count). The molecule has 1 unspecified atom stereocenters. The highest BCUT2D eigenvalue weighted by Crippen LogP contribution is 2.46. The second-order valence-electron chi connectivity index (χ2n) is 9.27. The Balaban J connectivity index is 2.08. The van der Waals surface area contributed by atoms with E-state index in [0.29, 0.717) is 41.5 Å². The highest BCUT2D eigenvalue weighted by molar-refractivity contribution is 5.88. The number of hydrogen-bond acceptors (Lipinski definition) is 7. The molecule has 1 fully saturated rings. The molecular formula is C27H33N3O4. The van der Waals surface area contributed by atoms with Crippen LogP contribution in [0.25, 0.3) is 11.1 Å². The minimum Gasteiger partial charge on any atom is -0.375 e. The molecule has 7 nitrogen and oxygen atoms in total. The van der Waals surface area contributed by atoms with Gasteiger partial charge < -0.3 is 19.1 Å². The molecule has 34 heavy (non-hydrogen) atoms. The van der Waals surface area contributed by atoms with E-state index in [4.69, 9.17) is 19.0 Å². The lowest BCUT2D eigenvalue weighted by Gasteiger charge is -2.35. The third-order valence-electron chi connectivity index (χ3n) is 6.54. The Kier molecular flexibility index (Phi) is 6.71.